The molecule has 0 bridgehead atoms. The second-order valence-electron chi connectivity index (χ2n) is 1.73. The van der Waals surface area contributed by atoms with Crippen LogP contribution in [0.25, 0.3) is 5.32 Å². The molecule has 0 aromatic heterocycles. The zero-order chi connectivity index (χ0) is 6.24. The quantitative estimate of drug-likeness (QED) is 0.491. The Bertz CT molecular complexity index is 36.2. The van der Waals surface area contributed by atoms with Crippen molar-refractivity contribution in [1.29, 1.82) is 0 Å². The van der Waals surface area contributed by atoms with Crippen molar-refractivity contribution < 1.29 is 19.3 Å². The third-order valence-corrected chi connectivity index (χ3v) is 1.13. The van der Waals surface area contributed by atoms with Crippen LogP contribution in [0.15, 0.2) is 0 Å². The normalized spacial score (nSPS) is 18.8. The van der Waals surface area contributed by atoms with Gasteiger partial charge < -0.3 is 5.32 Å². The molecule has 2 nitrogen and oxygen atoms in total. The molecule has 0 aliphatic carbocycles. The summed E-state index contributed by atoms with van der Waals surface area (Å²) in [5.74, 6) is 0. The van der Waals surface area contributed by atoms with Gasteiger partial charge in [-0.2, -0.15) is 0 Å². The maximum absolute atomic E-state index is 7.88. The van der Waals surface area contributed by atoms with Crippen molar-refractivity contribution in [2.75, 3.05) is 13.1 Å². The number of rotatable bonds is 0. The number of piperidine rings is 1. The summed E-state index contributed by atoms with van der Waals surface area (Å²) in [5, 5.41) is 4.18. The molecule has 0 unspecified atom stereocenters. The van der Waals surface area contributed by atoms with E-state index in [1.54, 1.807) is 0 Å². The van der Waals surface area contributed by atoms with E-state index in [1.165, 1.54) is 19.3 Å². The fraction of sp³-hybridized carbons (Fsp3) is 1.00. The van der Waals surface area contributed by atoms with Crippen LogP contribution in [0.4, 0.5) is 0 Å². The number of nitrogens with zero attached hydrogens (tertiary/aromatic N) is 1. The first kappa shape index (κ1) is 8.25. The van der Waals surface area contributed by atoms with Gasteiger partial charge in [0.25, 0.3) is 0 Å². The van der Waals surface area contributed by atoms with Gasteiger partial charge in [-0.05, 0) is 0 Å². The zero-order valence-corrected chi connectivity index (χ0v) is 5.69. The third-order valence-electron chi connectivity index (χ3n) is 1.13. The molecule has 0 N–H and O–H groups in total. The molecule has 1 heterocycles. The van der Waals surface area contributed by atoms with E-state index in [-0.39, 0.29) is 0 Å². The van der Waals surface area contributed by atoms with E-state index in [0.717, 1.165) is 13.1 Å². The zero-order valence-electron chi connectivity index (χ0n) is 4.71. The molecule has 1 aliphatic heterocycles. The Hall–Kier alpha value is 0.254. The monoisotopic (exact) mass is 158 g/mol. The molecule has 0 amide bonds. The van der Waals surface area contributed by atoms with E-state index in [4.69, 9.17) is 3.90 Å². The van der Waals surface area contributed by atoms with E-state index >= 15 is 0 Å². The summed E-state index contributed by atoms with van der Waals surface area (Å²) in [4.78, 5) is 0. The molecule has 0 saturated carbocycles. The van der Waals surface area contributed by atoms with Crippen molar-refractivity contribution in [2.24, 2.45) is 0 Å². The molecule has 0 atom stereocenters. The average molecular weight is 159 g/mol. The molecule has 0 aromatic rings. The van der Waals surface area contributed by atoms with Crippen molar-refractivity contribution >= 4 is 0 Å². The molecule has 1 fully saturated rings. The second-order valence-corrected chi connectivity index (χ2v) is 1.73. The minimum atomic E-state index is 1.12. The molecular formula is C5H10NNiO-. The minimum absolute atomic E-state index is 1.12. The van der Waals surface area contributed by atoms with Crippen molar-refractivity contribution in [3.8, 4) is 0 Å². The Labute approximate surface area is 57.6 Å². The molecule has 1 aliphatic rings. The maximum atomic E-state index is 7.88. The third kappa shape index (κ3) is 4.41. The molecule has 1 rings (SSSR count). The molecular weight excluding hydrogens is 149 g/mol. The second kappa shape index (κ2) is 7.25. The first-order valence-electron chi connectivity index (χ1n) is 2.76. The Morgan fingerprint density at radius 1 is 1.00 bits per heavy atom. The molecule has 0 spiro atoms. The van der Waals surface area contributed by atoms with Crippen LogP contribution >= 0.6 is 0 Å². The van der Waals surface area contributed by atoms with Gasteiger partial charge in [0.1, 0.15) is 0 Å². The summed E-state index contributed by atoms with van der Waals surface area (Å²) in [7, 11) is 0. The van der Waals surface area contributed by atoms with Crippen LogP contribution in [0.5, 0.6) is 0 Å². The Morgan fingerprint density at radius 3 is 1.62 bits per heavy atom. The van der Waals surface area contributed by atoms with Gasteiger partial charge in [0.2, 0.25) is 0 Å². The summed E-state index contributed by atoms with van der Waals surface area (Å²) in [5.41, 5.74) is 0. The molecule has 52 valence electrons. The van der Waals surface area contributed by atoms with Crippen molar-refractivity contribution in [2.45, 2.75) is 19.3 Å². The van der Waals surface area contributed by atoms with Crippen LogP contribution in [0.3, 0.4) is 0 Å². The summed E-state index contributed by atoms with van der Waals surface area (Å²) in [6.45, 7) is 2.25. The predicted octanol–water partition coefficient (Wildman–Crippen LogP) is 1.42. The van der Waals surface area contributed by atoms with E-state index < -0.39 is 0 Å². The van der Waals surface area contributed by atoms with Gasteiger partial charge in [-0.1, -0.05) is 19.3 Å². The van der Waals surface area contributed by atoms with E-state index in [0.29, 0.717) is 0 Å². The standard InChI is InChI=1S/C5H10N.Ni.O/c1-2-4-6-5-3-1;;/h1-5H2;;/q-1;;. The van der Waals surface area contributed by atoms with Crippen LogP contribution < -0.4 is 0 Å². The van der Waals surface area contributed by atoms with Crippen LogP contribution in [0.2, 0.25) is 0 Å². The van der Waals surface area contributed by atoms with E-state index in [9.17, 15) is 0 Å². The number of hydrogen-bond acceptors (Lipinski definition) is 1. The van der Waals surface area contributed by atoms with Gasteiger partial charge >= 0.3 is 19.3 Å². The molecule has 0 aromatic carbocycles. The van der Waals surface area contributed by atoms with Crippen molar-refractivity contribution in [3.63, 3.8) is 0 Å². The van der Waals surface area contributed by atoms with Crippen LogP contribution in [-0.2, 0) is 19.3 Å². The Balaban J connectivity index is 0.000000222. The van der Waals surface area contributed by atoms with E-state index in [1.807, 2.05) is 0 Å². The molecule has 8 heavy (non-hydrogen) atoms. The topological polar surface area (TPSA) is 31.2 Å². The van der Waals surface area contributed by atoms with Gasteiger partial charge in [0.05, 0.1) is 0 Å². The molecule has 1 saturated heterocycles. The summed E-state index contributed by atoms with van der Waals surface area (Å²) < 4.78 is 7.88. The van der Waals surface area contributed by atoms with Gasteiger partial charge in [-0.3, -0.25) is 0 Å². The van der Waals surface area contributed by atoms with Crippen LogP contribution in [0, 0.1) is 0 Å². The van der Waals surface area contributed by atoms with Gasteiger partial charge in [0.15, 0.2) is 0 Å². The first-order valence-corrected chi connectivity index (χ1v) is 3.16. The summed E-state index contributed by atoms with van der Waals surface area (Å²) >= 11 is 2.62. The van der Waals surface area contributed by atoms with Gasteiger partial charge in [-0.15, -0.1) is 13.1 Å². The van der Waals surface area contributed by atoms with Crippen LogP contribution in [-0.4, -0.2) is 13.1 Å². The molecule has 0 radical (unpaired) electrons. The first-order chi connectivity index (χ1) is 4.00. The summed E-state index contributed by atoms with van der Waals surface area (Å²) in [6, 6.07) is 0. The van der Waals surface area contributed by atoms with Gasteiger partial charge in [-0.25, -0.2) is 0 Å². The Kier molecular flexibility index (Phi) is 7.48. The summed E-state index contributed by atoms with van der Waals surface area (Å²) in [6.07, 6.45) is 4.07. The fourth-order valence-corrected chi connectivity index (χ4v) is 0.736. The van der Waals surface area contributed by atoms with E-state index in [2.05, 4.69) is 20.7 Å². The van der Waals surface area contributed by atoms with Crippen molar-refractivity contribution in [3.05, 3.63) is 5.32 Å². The molecule has 3 heteroatoms. The average Bonchev–Trinajstić information content (AvgIpc) is 1.96. The van der Waals surface area contributed by atoms with Gasteiger partial charge in [0, 0.05) is 0 Å². The number of hydrogen-bond donors (Lipinski definition) is 0. The SMILES string of the molecule is C1CC[N-]CC1.[O]=[Ni]. The predicted molar refractivity (Wildman–Crippen MR) is 27.6 cm³/mol. The van der Waals surface area contributed by atoms with Crippen molar-refractivity contribution in [1.82, 2.24) is 0 Å². The van der Waals surface area contributed by atoms with Crippen LogP contribution in [0.1, 0.15) is 19.3 Å². The fourth-order valence-electron chi connectivity index (χ4n) is 0.736. The Morgan fingerprint density at radius 2 is 1.50 bits per heavy atom.